The van der Waals surface area contributed by atoms with Crippen LogP contribution in [0.5, 0.6) is 11.5 Å². The van der Waals surface area contributed by atoms with Gasteiger partial charge in [0.1, 0.15) is 9.88 Å². The minimum atomic E-state index is -0.967. The lowest BCUT2D eigenvalue weighted by molar-refractivity contribution is 0.0702. The van der Waals surface area contributed by atoms with Crippen LogP contribution in [0.15, 0.2) is 18.2 Å². The molecular formula is C14H14N2O4S. The minimum absolute atomic E-state index is 0.188. The van der Waals surface area contributed by atoms with E-state index in [4.69, 9.17) is 9.47 Å². The van der Waals surface area contributed by atoms with E-state index in [-0.39, 0.29) is 11.7 Å². The molecule has 3 rings (SSSR count). The highest BCUT2D eigenvalue weighted by atomic mass is 32.1. The van der Waals surface area contributed by atoms with Crippen LogP contribution < -0.4 is 9.47 Å². The molecule has 7 heteroatoms. The van der Waals surface area contributed by atoms with Crippen molar-refractivity contribution in [2.75, 3.05) is 20.9 Å². The summed E-state index contributed by atoms with van der Waals surface area (Å²) in [5, 5.41) is 10.1. The molecule has 0 unspecified atom stereocenters. The maximum atomic E-state index is 11.4. The van der Waals surface area contributed by atoms with Gasteiger partial charge in [-0.3, -0.25) is 0 Å². The number of carbonyl (C=O) groups is 1. The second-order valence-electron chi connectivity index (χ2n) is 4.90. The quantitative estimate of drug-likeness (QED) is 0.934. The van der Waals surface area contributed by atoms with E-state index in [1.807, 2.05) is 19.0 Å². The molecule has 0 fully saturated rings. The highest BCUT2D eigenvalue weighted by Gasteiger charge is 2.21. The first kappa shape index (κ1) is 13.8. The van der Waals surface area contributed by atoms with E-state index in [1.165, 1.54) is 11.3 Å². The van der Waals surface area contributed by atoms with Crippen molar-refractivity contribution in [3.05, 3.63) is 28.1 Å². The van der Waals surface area contributed by atoms with Gasteiger partial charge in [0.15, 0.2) is 11.5 Å². The Morgan fingerprint density at radius 1 is 1.38 bits per heavy atom. The van der Waals surface area contributed by atoms with Crippen molar-refractivity contribution in [3.63, 3.8) is 0 Å². The standard InChI is InChI=1S/C14H14N2O4S/c1-16(2)6-11-15-12(13(21-11)14(17)18)8-3-4-9-10(5-8)20-7-19-9/h3-5H,6-7H2,1-2H3,(H,17,18). The zero-order valence-electron chi connectivity index (χ0n) is 11.6. The minimum Gasteiger partial charge on any atom is -0.477 e. The second-order valence-corrected chi connectivity index (χ2v) is 5.98. The summed E-state index contributed by atoms with van der Waals surface area (Å²) in [7, 11) is 3.84. The zero-order chi connectivity index (χ0) is 15.0. The number of aromatic nitrogens is 1. The molecule has 0 aliphatic carbocycles. The molecule has 0 spiro atoms. The van der Waals surface area contributed by atoms with Gasteiger partial charge in [-0.2, -0.15) is 0 Å². The monoisotopic (exact) mass is 306 g/mol. The van der Waals surface area contributed by atoms with Gasteiger partial charge in [0.2, 0.25) is 6.79 Å². The Kier molecular flexibility index (Phi) is 3.52. The summed E-state index contributed by atoms with van der Waals surface area (Å²) in [4.78, 5) is 18.1. The fraction of sp³-hybridized carbons (Fsp3) is 0.286. The van der Waals surface area contributed by atoms with Crippen LogP contribution in [0.4, 0.5) is 0 Å². The first-order valence-electron chi connectivity index (χ1n) is 6.32. The SMILES string of the molecule is CN(C)Cc1nc(-c2ccc3c(c2)OCO3)c(C(=O)O)s1. The average Bonchev–Trinajstić information content (AvgIpc) is 3.02. The number of carboxylic acid groups (broad SMARTS) is 1. The Bertz CT molecular complexity index is 696. The number of hydrogen-bond donors (Lipinski definition) is 1. The lowest BCUT2D eigenvalue weighted by Gasteiger charge is -2.05. The molecular weight excluding hydrogens is 292 g/mol. The normalized spacial score (nSPS) is 12.9. The van der Waals surface area contributed by atoms with E-state index < -0.39 is 5.97 Å². The topological polar surface area (TPSA) is 71.9 Å². The van der Waals surface area contributed by atoms with Gasteiger partial charge in [0.25, 0.3) is 0 Å². The summed E-state index contributed by atoms with van der Waals surface area (Å²) < 4.78 is 10.6. The van der Waals surface area contributed by atoms with Crippen LogP contribution in [0.1, 0.15) is 14.7 Å². The van der Waals surface area contributed by atoms with Gasteiger partial charge in [-0.15, -0.1) is 11.3 Å². The maximum Gasteiger partial charge on any atom is 0.348 e. The van der Waals surface area contributed by atoms with Crippen molar-refractivity contribution in [2.24, 2.45) is 0 Å². The summed E-state index contributed by atoms with van der Waals surface area (Å²) in [5.41, 5.74) is 1.19. The van der Waals surface area contributed by atoms with Gasteiger partial charge in [0.05, 0.1) is 5.69 Å². The molecule has 1 aromatic heterocycles. The Balaban J connectivity index is 2.04. The third-order valence-electron chi connectivity index (χ3n) is 2.96. The zero-order valence-corrected chi connectivity index (χ0v) is 12.4. The third kappa shape index (κ3) is 2.70. The molecule has 1 aromatic carbocycles. The number of hydrogen-bond acceptors (Lipinski definition) is 6. The molecule has 0 saturated heterocycles. The van der Waals surface area contributed by atoms with E-state index >= 15 is 0 Å². The molecule has 2 aromatic rings. The molecule has 0 amide bonds. The third-order valence-corrected chi connectivity index (χ3v) is 3.99. The van der Waals surface area contributed by atoms with E-state index in [1.54, 1.807) is 18.2 Å². The highest BCUT2D eigenvalue weighted by molar-refractivity contribution is 7.14. The summed E-state index contributed by atoms with van der Waals surface area (Å²) in [6.45, 7) is 0.795. The maximum absolute atomic E-state index is 11.4. The van der Waals surface area contributed by atoms with E-state index in [0.717, 1.165) is 10.6 Å². The van der Waals surface area contributed by atoms with Crippen LogP contribution in [0.25, 0.3) is 11.3 Å². The largest absolute Gasteiger partial charge is 0.477 e. The number of fused-ring (bicyclic) bond motifs is 1. The second kappa shape index (κ2) is 5.34. The lowest BCUT2D eigenvalue weighted by atomic mass is 10.1. The highest BCUT2D eigenvalue weighted by Crippen LogP contribution is 2.37. The first-order valence-corrected chi connectivity index (χ1v) is 7.14. The molecule has 1 aliphatic rings. The van der Waals surface area contributed by atoms with Gasteiger partial charge < -0.3 is 19.5 Å². The van der Waals surface area contributed by atoms with E-state index in [9.17, 15) is 9.90 Å². The average molecular weight is 306 g/mol. The number of ether oxygens (including phenoxy) is 2. The van der Waals surface area contributed by atoms with Crippen molar-refractivity contribution >= 4 is 17.3 Å². The molecule has 6 nitrogen and oxygen atoms in total. The van der Waals surface area contributed by atoms with Gasteiger partial charge >= 0.3 is 5.97 Å². The van der Waals surface area contributed by atoms with Crippen LogP contribution >= 0.6 is 11.3 Å². The number of aromatic carboxylic acids is 1. The number of nitrogens with zero attached hydrogens (tertiary/aromatic N) is 2. The van der Waals surface area contributed by atoms with Crippen LogP contribution in [-0.2, 0) is 6.54 Å². The van der Waals surface area contributed by atoms with Gasteiger partial charge in [-0.1, -0.05) is 0 Å². The summed E-state index contributed by atoms with van der Waals surface area (Å²) in [6.07, 6.45) is 0. The van der Waals surface area contributed by atoms with E-state index in [2.05, 4.69) is 4.98 Å². The van der Waals surface area contributed by atoms with Crippen molar-refractivity contribution in [1.82, 2.24) is 9.88 Å². The first-order chi connectivity index (χ1) is 10.0. The number of rotatable bonds is 4. The smallest absolute Gasteiger partial charge is 0.348 e. The van der Waals surface area contributed by atoms with Crippen LogP contribution in [0.2, 0.25) is 0 Å². The van der Waals surface area contributed by atoms with Gasteiger partial charge in [-0.25, -0.2) is 9.78 Å². The fourth-order valence-electron chi connectivity index (χ4n) is 2.09. The summed E-state index contributed by atoms with van der Waals surface area (Å²) in [6, 6.07) is 5.34. The van der Waals surface area contributed by atoms with Crippen molar-refractivity contribution < 1.29 is 19.4 Å². The van der Waals surface area contributed by atoms with E-state index in [0.29, 0.717) is 23.7 Å². The van der Waals surface area contributed by atoms with Crippen LogP contribution in [-0.4, -0.2) is 41.8 Å². The lowest BCUT2D eigenvalue weighted by Crippen LogP contribution is -2.10. The Labute approximate surface area is 125 Å². The number of carboxylic acids is 1. The number of thiazole rings is 1. The van der Waals surface area contributed by atoms with Crippen LogP contribution in [0.3, 0.4) is 0 Å². The van der Waals surface area contributed by atoms with Crippen molar-refractivity contribution in [1.29, 1.82) is 0 Å². The Morgan fingerprint density at radius 3 is 2.86 bits per heavy atom. The molecule has 21 heavy (non-hydrogen) atoms. The van der Waals surface area contributed by atoms with Crippen LogP contribution in [0, 0.1) is 0 Å². The molecule has 1 N–H and O–H groups in total. The fourth-order valence-corrected chi connectivity index (χ4v) is 3.13. The van der Waals surface area contributed by atoms with Gasteiger partial charge in [-0.05, 0) is 32.3 Å². The predicted molar refractivity (Wildman–Crippen MR) is 78.0 cm³/mol. The van der Waals surface area contributed by atoms with Gasteiger partial charge in [0, 0.05) is 12.1 Å². The predicted octanol–water partition coefficient (Wildman–Crippen LogP) is 2.30. The molecule has 0 atom stereocenters. The molecule has 0 bridgehead atoms. The molecule has 2 heterocycles. The molecule has 0 saturated carbocycles. The Hall–Kier alpha value is -2.12. The van der Waals surface area contributed by atoms with Crippen molar-refractivity contribution in [3.8, 4) is 22.8 Å². The summed E-state index contributed by atoms with van der Waals surface area (Å²) >= 11 is 1.20. The van der Waals surface area contributed by atoms with Crippen molar-refractivity contribution in [2.45, 2.75) is 6.54 Å². The molecule has 0 radical (unpaired) electrons. The number of benzene rings is 1. The molecule has 110 valence electrons. The summed E-state index contributed by atoms with van der Waals surface area (Å²) in [5.74, 6) is 0.315. The Morgan fingerprint density at radius 2 is 2.14 bits per heavy atom. The molecule has 1 aliphatic heterocycles.